The zero-order valence-corrected chi connectivity index (χ0v) is 23.4. The van der Waals surface area contributed by atoms with Crippen molar-refractivity contribution in [1.29, 1.82) is 5.41 Å². The predicted octanol–water partition coefficient (Wildman–Crippen LogP) is 0.839. The standard InChI is InChI=1S/C25H28N10O3S2/c1-33-7-6-20-21(14-33)39-24(28-20)25(36)35-9-8-34(13-18(35)12-22-29-31-32-30-22)40(37,38)19-5-4-15-2-3-16(23(26)27)10-17(15)11-19/h2-5,10-11,18H,6-9,12-14H2,1H3,(H3,26,27)(H,29,30,31,32). The molecule has 2 aliphatic heterocycles. The van der Waals surface area contributed by atoms with Crippen LogP contribution in [0.1, 0.15) is 31.8 Å². The lowest BCUT2D eigenvalue weighted by Gasteiger charge is -2.40. The monoisotopic (exact) mass is 580 g/mol. The Labute approximate surface area is 234 Å². The van der Waals surface area contributed by atoms with Gasteiger partial charge >= 0.3 is 0 Å². The van der Waals surface area contributed by atoms with Crippen LogP contribution < -0.4 is 5.73 Å². The number of benzene rings is 2. The van der Waals surface area contributed by atoms with Gasteiger partial charge in [-0.25, -0.2) is 13.4 Å². The normalized spacial score (nSPS) is 18.6. The highest BCUT2D eigenvalue weighted by Gasteiger charge is 2.38. The molecule has 6 rings (SSSR count). The number of nitrogens with two attached hydrogens (primary N) is 1. The summed E-state index contributed by atoms with van der Waals surface area (Å²) in [6, 6.07) is 9.65. The van der Waals surface area contributed by atoms with Crippen molar-refractivity contribution >= 4 is 43.9 Å². The summed E-state index contributed by atoms with van der Waals surface area (Å²) >= 11 is 1.41. The van der Waals surface area contributed by atoms with Crippen molar-refractivity contribution in [3.8, 4) is 0 Å². The molecule has 0 bridgehead atoms. The number of likely N-dealkylation sites (N-methyl/N-ethyl adjacent to an activating group) is 1. The fourth-order valence-electron chi connectivity index (χ4n) is 5.21. The highest BCUT2D eigenvalue weighted by atomic mass is 32.2. The molecule has 0 saturated carbocycles. The van der Waals surface area contributed by atoms with E-state index in [1.165, 1.54) is 15.6 Å². The number of tetrazole rings is 1. The van der Waals surface area contributed by atoms with E-state index in [9.17, 15) is 13.2 Å². The van der Waals surface area contributed by atoms with Crippen LogP contribution in [0.25, 0.3) is 10.8 Å². The van der Waals surface area contributed by atoms with Crippen molar-refractivity contribution in [2.24, 2.45) is 5.73 Å². The molecule has 0 radical (unpaired) electrons. The number of amides is 1. The Bertz CT molecular complexity index is 1700. The number of carbonyl (C=O) groups excluding carboxylic acids is 1. The number of carbonyl (C=O) groups is 1. The number of hydrogen-bond donors (Lipinski definition) is 3. The van der Waals surface area contributed by atoms with E-state index < -0.39 is 16.1 Å². The van der Waals surface area contributed by atoms with Gasteiger partial charge in [0.05, 0.1) is 16.6 Å². The second kappa shape index (κ2) is 10.3. The van der Waals surface area contributed by atoms with E-state index in [1.54, 1.807) is 35.2 Å². The zero-order valence-electron chi connectivity index (χ0n) is 21.7. The SMILES string of the molecule is CN1CCc2nc(C(=O)N3CCN(S(=O)(=O)c4ccc5ccc(C(=N)N)cc5c4)CC3Cc3nn[nH]n3)sc2C1. The number of nitrogens with zero attached hydrogens (tertiary/aromatic N) is 7. The Kier molecular flexibility index (Phi) is 6.82. The van der Waals surface area contributed by atoms with Crippen molar-refractivity contribution in [3.05, 3.63) is 63.4 Å². The minimum absolute atomic E-state index is 0.0714. The van der Waals surface area contributed by atoms with E-state index in [0.717, 1.165) is 35.5 Å². The number of fused-ring (bicyclic) bond motifs is 2. The van der Waals surface area contributed by atoms with Gasteiger partial charge in [0.1, 0.15) is 5.84 Å². The highest BCUT2D eigenvalue weighted by Crippen LogP contribution is 2.29. The van der Waals surface area contributed by atoms with Crippen LogP contribution in [0.15, 0.2) is 41.3 Å². The predicted molar refractivity (Wildman–Crippen MR) is 149 cm³/mol. The van der Waals surface area contributed by atoms with Crippen LogP contribution in [0.4, 0.5) is 0 Å². The zero-order chi connectivity index (χ0) is 28.0. The third-order valence-corrected chi connectivity index (χ3v) is 10.3. The van der Waals surface area contributed by atoms with Crippen molar-refractivity contribution in [2.45, 2.75) is 30.3 Å². The van der Waals surface area contributed by atoms with E-state index in [-0.39, 0.29) is 42.7 Å². The van der Waals surface area contributed by atoms with E-state index in [4.69, 9.17) is 11.1 Å². The first-order valence-electron chi connectivity index (χ1n) is 12.8. The number of H-pyrrole nitrogens is 1. The first kappa shape index (κ1) is 26.4. The van der Waals surface area contributed by atoms with E-state index in [0.29, 0.717) is 21.8 Å². The van der Waals surface area contributed by atoms with Gasteiger partial charge in [-0.1, -0.05) is 23.4 Å². The number of sulfonamides is 1. The maximum Gasteiger partial charge on any atom is 0.283 e. The first-order valence-corrected chi connectivity index (χ1v) is 15.0. The fraction of sp³-hybridized carbons (Fsp3) is 0.360. The molecule has 13 nitrogen and oxygen atoms in total. The number of aromatic amines is 1. The lowest BCUT2D eigenvalue weighted by Crippen LogP contribution is -2.57. The molecule has 15 heteroatoms. The Morgan fingerprint density at radius 3 is 2.77 bits per heavy atom. The lowest BCUT2D eigenvalue weighted by atomic mass is 10.1. The molecule has 1 atom stereocenters. The van der Waals surface area contributed by atoms with Crippen molar-refractivity contribution in [2.75, 3.05) is 33.2 Å². The molecule has 1 fully saturated rings. The van der Waals surface area contributed by atoms with Crippen LogP contribution in [0.3, 0.4) is 0 Å². The number of nitrogens with one attached hydrogen (secondary N) is 2. The number of rotatable bonds is 6. The number of thiazole rings is 1. The van der Waals surface area contributed by atoms with Gasteiger partial charge in [-0.05, 0) is 36.0 Å². The van der Waals surface area contributed by atoms with Gasteiger partial charge < -0.3 is 15.5 Å². The summed E-state index contributed by atoms with van der Waals surface area (Å²) < 4.78 is 29.0. The fourth-order valence-corrected chi connectivity index (χ4v) is 7.85. The molecule has 1 amide bonds. The van der Waals surface area contributed by atoms with Gasteiger partial charge in [0.15, 0.2) is 10.8 Å². The first-order chi connectivity index (χ1) is 19.2. The molecule has 40 heavy (non-hydrogen) atoms. The van der Waals surface area contributed by atoms with Crippen LogP contribution in [-0.4, -0.2) is 99.1 Å². The molecule has 1 unspecified atom stereocenters. The molecule has 2 aromatic carbocycles. The largest absolute Gasteiger partial charge is 0.384 e. The Morgan fingerprint density at radius 2 is 2.00 bits per heavy atom. The topological polar surface area (TPSA) is 178 Å². The second-order valence-corrected chi connectivity index (χ2v) is 13.1. The number of aromatic nitrogens is 5. The summed E-state index contributed by atoms with van der Waals surface area (Å²) in [5, 5.41) is 23.8. The van der Waals surface area contributed by atoms with Gasteiger partial charge in [-0.3, -0.25) is 10.2 Å². The van der Waals surface area contributed by atoms with E-state index in [1.807, 2.05) is 13.1 Å². The summed E-state index contributed by atoms with van der Waals surface area (Å²) in [6.07, 6.45) is 1.04. The molecule has 4 heterocycles. The molecule has 208 valence electrons. The Balaban J connectivity index is 1.28. The lowest BCUT2D eigenvalue weighted by molar-refractivity contribution is 0.0561. The van der Waals surface area contributed by atoms with Crippen LogP contribution in [0.2, 0.25) is 0 Å². The molecular weight excluding hydrogens is 552 g/mol. The highest BCUT2D eigenvalue weighted by molar-refractivity contribution is 7.89. The van der Waals surface area contributed by atoms with Crippen LogP contribution in [0.5, 0.6) is 0 Å². The minimum atomic E-state index is -3.89. The number of nitrogen functional groups attached to an aromatic ring is 1. The van der Waals surface area contributed by atoms with Crippen molar-refractivity contribution in [3.63, 3.8) is 0 Å². The Hall–Kier alpha value is -3.79. The maximum absolute atomic E-state index is 13.8. The summed E-state index contributed by atoms with van der Waals surface area (Å²) in [5.74, 6) is 0.0907. The van der Waals surface area contributed by atoms with Crippen LogP contribution >= 0.6 is 11.3 Å². The van der Waals surface area contributed by atoms with Crippen molar-refractivity contribution in [1.82, 2.24) is 39.7 Å². The number of hydrogen-bond acceptors (Lipinski definition) is 10. The van der Waals surface area contributed by atoms with E-state index >= 15 is 0 Å². The van der Waals surface area contributed by atoms with Gasteiger partial charge in [0.25, 0.3) is 5.91 Å². The molecule has 4 aromatic rings. The molecule has 2 aromatic heterocycles. The van der Waals surface area contributed by atoms with Gasteiger partial charge in [-0.2, -0.15) is 9.52 Å². The Morgan fingerprint density at radius 1 is 1.18 bits per heavy atom. The number of amidine groups is 1. The molecule has 2 aliphatic rings. The average molecular weight is 581 g/mol. The minimum Gasteiger partial charge on any atom is -0.384 e. The molecule has 4 N–H and O–H groups in total. The number of piperazine rings is 1. The molecule has 0 aliphatic carbocycles. The van der Waals surface area contributed by atoms with Crippen LogP contribution in [-0.2, 0) is 29.4 Å². The third kappa shape index (κ3) is 4.96. The average Bonchev–Trinajstić information content (AvgIpc) is 3.61. The van der Waals surface area contributed by atoms with Crippen LogP contribution in [0, 0.1) is 5.41 Å². The molecule has 1 saturated heterocycles. The smallest absolute Gasteiger partial charge is 0.283 e. The maximum atomic E-state index is 13.8. The summed E-state index contributed by atoms with van der Waals surface area (Å²) in [4.78, 5) is 23.5. The van der Waals surface area contributed by atoms with E-state index in [2.05, 4.69) is 30.5 Å². The van der Waals surface area contributed by atoms with Gasteiger partial charge in [-0.15, -0.1) is 21.5 Å². The van der Waals surface area contributed by atoms with Gasteiger partial charge in [0, 0.05) is 56.0 Å². The quantitative estimate of drug-likeness (QED) is 0.220. The summed E-state index contributed by atoms with van der Waals surface area (Å²) in [6.45, 7) is 2.06. The second-order valence-electron chi connectivity index (χ2n) is 10.1. The summed E-state index contributed by atoms with van der Waals surface area (Å²) in [7, 11) is -1.85. The van der Waals surface area contributed by atoms with Crippen molar-refractivity contribution < 1.29 is 13.2 Å². The molecular formula is C25H28N10O3S2. The molecule has 0 spiro atoms. The summed E-state index contributed by atoms with van der Waals surface area (Å²) in [5.41, 5.74) is 7.12. The third-order valence-electron chi connectivity index (χ3n) is 7.38. The van der Waals surface area contributed by atoms with Gasteiger partial charge in [0.2, 0.25) is 10.0 Å².